The van der Waals surface area contributed by atoms with Crippen molar-refractivity contribution < 1.29 is 19.3 Å². The Labute approximate surface area is 171 Å². The molecule has 0 radical (unpaired) electrons. The zero-order valence-electron chi connectivity index (χ0n) is 18.0. The molecule has 28 heavy (non-hydrogen) atoms. The van der Waals surface area contributed by atoms with Crippen LogP contribution in [-0.2, 0) is 9.78 Å². The van der Waals surface area contributed by atoms with E-state index >= 15 is 0 Å². The van der Waals surface area contributed by atoms with Crippen LogP contribution in [0.15, 0.2) is 24.3 Å². The van der Waals surface area contributed by atoms with E-state index in [1.807, 2.05) is 0 Å². The fourth-order valence-corrected chi connectivity index (χ4v) is 3.05. The van der Waals surface area contributed by atoms with Crippen molar-refractivity contribution in [3.8, 4) is 5.75 Å². The summed E-state index contributed by atoms with van der Waals surface area (Å²) in [5.74, 6) is 0.303. The second-order valence-corrected chi connectivity index (χ2v) is 7.45. The molecular weight excluding hydrogens is 352 g/mol. The average molecular weight is 393 g/mol. The van der Waals surface area contributed by atoms with Gasteiger partial charge in [0, 0.05) is 0 Å². The maximum Gasteiger partial charge on any atom is 0.373 e. The van der Waals surface area contributed by atoms with Gasteiger partial charge in [0.25, 0.3) is 0 Å². The molecule has 0 aliphatic heterocycles. The van der Waals surface area contributed by atoms with Gasteiger partial charge in [-0.05, 0) is 37.1 Å². The molecule has 0 heterocycles. The van der Waals surface area contributed by atoms with E-state index < -0.39 is 5.97 Å². The van der Waals surface area contributed by atoms with Gasteiger partial charge in [0.05, 0.1) is 18.8 Å². The Balaban J connectivity index is 1.92. The highest BCUT2D eigenvalue weighted by molar-refractivity contribution is 5.89. The zero-order chi connectivity index (χ0) is 20.3. The van der Waals surface area contributed by atoms with E-state index in [1.54, 1.807) is 24.3 Å². The van der Waals surface area contributed by atoms with Gasteiger partial charge in [-0.2, -0.15) is 4.89 Å². The van der Waals surface area contributed by atoms with Crippen LogP contribution in [0.3, 0.4) is 0 Å². The van der Waals surface area contributed by atoms with Crippen molar-refractivity contribution in [2.45, 2.75) is 97.3 Å². The smallest absolute Gasteiger partial charge is 0.373 e. The first-order valence-electron chi connectivity index (χ1n) is 11.3. The topological polar surface area (TPSA) is 44.8 Å². The third-order valence-electron chi connectivity index (χ3n) is 4.78. The molecule has 4 heteroatoms. The number of ether oxygens (including phenoxy) is 1. The lowest BCUT2D eigenvalue weighted by atomic mass is 10.1. The maximum absolute atomic E-state index is 11.9. The molecule has 0 N–H and O–H groups in total. The normalized spacial score (nSPS) is 10.8. The van der Waals surface area contributed by atoms with Gasteiger partial charge in [0.1, 0.15) is 5.75 Å². The minimum absolute atomic E-state index is 0.457. The number of carbonyl (C=O) groups excluding carboxylic acids is 1. The molecule has 0 unspecified atom stereocenters. The Hall–Kier alpha value is -1.55. The number of hydrogen-bond donors (Lipinski definition) is 0. The van der Waals surface area contributed by atoms with Crippen LogP contribution < -0.4 is 4.74 Å². The van der Waals surface area contributed by atoms with Crippen LogP contribution >= 0.6 is 0 Å². The van der Waals surface area contributed by atoms with E-state index in [-0.39, 0.29) is 0 Å². The molecule has 0 amide bonds. The van der Waals surface area contributed by atoms with Crippen LogP contribution in [0.1, 0.15) is 108 Å². The van der Waals surface area contributed by atoms with Crippen LogP contribution in [0.25, 0.3) is 0 Å². The fraction of sp³-hybridized carbons (Fsp3) is 0.708. The Morgan fingerprint density at radius 1 is 0.679 bits per heavy atom. The van der Waals surface area contributed by atoms with Crippen molar-refractivity contribution in [1.82, 2.24) is 0 Å². The van der Waals surface area contributed by atoms with Gasteiger partial charge in [-0.25, -0.2) is 4.79 Å². The van der Waals surface area contributed by atoms with Crippen LogP contribution in [0.2, 0.25) is 0 Å². The maximum atomic E-state index is 11.9. The van der Waals surface area contributed by atoms with Crippen molar-refractivity contribution in [2.24, 2.45) is 0 Å². The lowest BCUT2D eigenvalue weighted by Crippen LogP contribution is -2.07. The zero-order valence-corrected chi connectivity index (χ0v) is 18.0. The predicted octanol–water partition coefficient (Wildman–Crippen LogP) is 7.26. The summed E-state index contributed by atoms with van der Waals surface area (Å²) in [6.45, 7) is 5.45. The molecule has 160 valence electrons. The van der Waals surface area contributed by atoms with Crippen LogP contribution in [0.5, 0.6) is 5.75 Å². The van der Waals surface area contributed by atoms with Crippen LogP contribution in [0.4, 0.5) is 0 Å². The Morgan fingerprint density at radius 2 is 1.21 bits per heavy atom. The number of benzene rings is 1. The van der Waals surface area contributed by atoms with E-state index in [4.69, 9.17) is 14.5 Å². The highest BCUT2D eigenvalue weighted by atomic mass is 17.2. The standard InChI is InChI=1S/C24H40O4/c1-3-5-6-7-8-9-10-11-12-13-14-15-21-27-28-24(25)22-16-18-23(19-17-22)26-20-4-2/h16-19H,3-15,20-21H2,1-2H3. The van der Waals surface area contributed by atoms with Crippen molar-refractivity contribution in [3.05, 3.63) is 29.8 Å². The van der Waals surface area contributed by atoms with Gasteiger partial charge in [-0.3, -0.25) is 4.89 Å². The quantitative estimate of drug-likeness (QED) is 0.150. The highest BCUT2D eigenvalue weighted by Gasteiger charge is 2.08. The molecule has 0 aliphatic rings. The third kappa shape index (κ3) is 12.8. The molecule has 0 aromatic heterocycles. The lowest BCUT2D eigenvalue weighted by molar-refractivity contribution is -0.241. The molecule has 0 bridgehead atoms. The SMILES string of the molecule is CCCCCCCCCCCCCCOOC(=O)c1ccc(OCCC)cc1. The van der Waals surface area contributed by atoms with Gasteiger partial charge in [0.15, 0.2) is 0 Å². The van der Waals surface area contributed by atoms with Crippen LogP contribution in [-0.4, -0.2) is 19.2 Å². The second kappa shape index (κ2) is 17.5. The molecule has 0 spiro atoms. The summed E-state index contributed by atoms with van der Waals surface area (Å²) in [5, 5.41) is 0. The number of rotatable bonds is 18. The lowest BCUT2D eigenvalue weighted by Gasteiger charge is -2.06. The molecule has 1 rings (SSSR count). The van der Waals surface area contributed by atoms with E-state index in [2.05, 4.69) is 13.8 Å². The van der Waals surface area contributed by atoms with E-state index in [9.17, 15) is 4.79 Å². The van der Waals surface area contributed by atoms with Crippen LogP contribution in [0, 0.1) is 0 Å². The Bertz CT molecular complexity index is 484. The molecule has 1 aromatic carbocycles. The molecule has 0 saturated heterocycles. The van der Waals surface area contributed by atoms with Gasteiger partial charge >= 0.3 is 5.97 Å². The minimum atomic E-state index is -0.457. The van der Waals surface area contributed by atoms with Crippen molar-refractivity contribution in [1.29, 1.82) is 0 Å². The summed E-state index contributed by atoms with van der Waals surface area (Å²) >= 11 is 0. The minimum Gasteiger partial charge on any atom is -0.494 e. The predicted molar refractivity (Wildman–Crippen MR) is 115 cm³/mol. The molecule has 0 atom stereocenters. The Morgan fingerprint density at radius 3 is 1.75 bits per heavy atom. The first kappa shape index (κ1) is 24.5. The molecule has 0 saturated carbocycles. The van der Waals surface area contributed by atoms with E-state index in [0.717, 1.165) is 25.0 Å². The summed E-state index contributed by atoms with van der Waals surface area (Å²) < 4.78 is 5.49. The first-order valence-corrected chi connectivity index (χ1v) is 11.3. The fourth-order valence-electron chi connectivity index (χ4n) is 3.05. The van der Waals surface area contributed by atoms with E-state index in [1.165, 1.54) is 64.2 Å². The van der Waals surface area contributed by atoms with Crippen molar-refractivity contribution >= 4 is 5.97 Å². The van der Waals surface area contributed by atoms with Gasteiger partial charge < -0.3 is 4.74 Å². The number of hydrogen-bond acceptors (Lipinski definition) is 4. The largest absolute Gasteiger partial charge is 0.494 e. The Kier molecular flexibility index (Phi) is 15.3. The van der Waals surface area contributed by atoms with Gasteiger partial charge in [0.2, 0.25) is 0 Å². The van der Waals surface area contributed by atoms with Crippen molar-refractivity contribution in [2.75, 3.05) is 13.2 Å². The average Bonchev–Trinajstić information content (AvgIpc) is 2.72. The van der Waals surface area contributed by atoms with E-state index in [0.29, 0.717) is 18.8 Å². The first-order chi connectivity index (χ1) is 13.8. The summed E-state index contributed by atoms with van der Waals surface area (Å²) in [7, 11) is 0. The number of unbranched alkanes of at least 4 members (excludes halogenated alkanes) is 11. The summed E-state index contributed by atoms with van der Waals surface area (Å²) in [5.41, 5.74) is 0.471. The molecule has 0 fully saturated rings. The van der Waals surface area contributed by atoms with Crippen molar-refractivity contribution in [3.63, 3.8) is 0 Å². The number of carbonyl (C=O) groups is 1. The summed E-state index contributed by atoms with van der Waals surface area (Å²) in [4.78, 5) is 21.8. The molecule has 1 aromatic rings. The summed E-state index contributed by atoms with van der Waals surface area (Å²) in [6.07, 6.45) is 16.5. The van der Waals surface area contributed by atoms with Gasteiger partial charge in [-0.1, -0.05) is 84.5 Å². The highest BCUT2D eigenvalue weighted by Crippen LogP contribution is 2.14. The molecular formula is C24H40O4. The molecule has 0 aliphatic carbocycles. The molecule has 4 nitrogen and oxygen atoms in total. The van der Waals surface area contributed by atoms with Gasteiger partial charge in [-0.15, -0.1) is 0 Å². The monoisotopic (exact) mass is 392 g/mol. The summed E-state index contributed by atoms with van der Waals surface area (Å²) in [6, 6.07) is 6.94. The second-order valence-electron chi connectivity index (χ2n) is 7.45. The third-order valence-corrected chi connectivity index (χ3v) is 4.78.